The molecule has 2 rings (SSSR count). The Hall–Kier alpha value is -1.84. The Kier molecular flexibility index (Phi) is 7.07. The van der Waals surface area contributed by atoms with Gasteiger partial charge in [0.25, 0.3) is 0 Å². The second kappa shape index (κ2) is 8.90. The quantitative estimate of drug-likeness (QED) is 0.567. The van der Waals surface area contributed by atoms with Gasteiger partial charge in [-0.3, -0.25) is 0 Å². The Morgan fingerprint density at radius 1 is 1.22 bits per heavy atom. The minimum Gasteiger partial charge on any atom is -0.496 e. The molecule has 2 aromatic rings. The van der Waals surface area contributed by atoms with Crippen molar-refractivity contribution in [1.29, 1.82) is 0 Å². The predicted octanol–water partition coefficient (Wildman–Crippen LogP) is 3.18. The molecule has 0 atom stereocenters. The molecule has 0 aliphatic rings. The van der Waals surface area contributed by atoms with Crippen LogP contribution in [-0.4, -0.2) is 43.5 Å². The molecule has 0 saturated carbocycles. The topological polar surface area (TPSA) is 77.8 Å². The molecular formula is C18H23BrN2O5S. The van der Waals surface area contributed by atoms with Gasteiger partial charge in [0.05, 0.1) is 11.6 Å². The van der Waals surface area contributed by atoms with E-state index in [0.717, 1.165) is 10.0 Å². The number of hydrogen-bond donors (Lipinski definition) is 0. The van der Waals surface area contributed by atoms with Gasteiger partial charge in [-0.05, 0) is 39.7 Å². The molecule has 0 bridgehead atoms. The minimum atomic E-state index is -3.63. The van der Waals surface area contributed by atoms with Crippen molar-refractivity contribution in [2.45, 2.75) is 25.3 Å². The molecule has 148 valence electrons. The van der Waals surface area contributed by atoms with E-state index in [4.69, 9.17) is 9.47 Å². The van der Waals surface area contributed by atoms with Crippen molar-refractivity contribution in [3.63, 3.8) is 0 Å². The number of sulfonamides is 1. The third-order valence-electron chi connectivity index (χ3n) is 4.12. The van der Waals surface area contributed by atoms with Crippen LogP contribution in [0.2, 0.25) is 0 Å². The Bertz CT molecular complexity index is 920. The molecule has 0 spiro atoms. The minimum absolute atomic E-state index is 0.0603. The first-order valence-corrected chi connectivity index (χ1v) is 10.6. The lowest BCUT2D eigenvalue weighted by Crippen LogP contribution is -2.30. The lowest BCUT2D eigenvalue weighted by atomic mass is 10.2. The van der Waals surface area contributed by atoms with E-state index in [2.05, 4.69) is 15.9 Å². The fourth-order valence-electron chi connectivity index (χ4n) is 2.61. The van der Waals surface area contributed by atoms with Crippen LogP contribution in [0.3, 0.4) is 0 Å². The van der Waals surface area contributed by atoms with E-state index in [0.29, 0.717) is 18.8 Å². The van der Waals surface area contributed by atoms with Gasteiger partial charge in [0.15, 0.2) is 0 Å². The summed E-state index contributed by atoms with van der Waals surface area (Å²) in [6, 6.07) is 6.70. The molecule has 0 aliphatic carbocycles. The van der Waals surface area contributed by atoms with E-state index in [9.17, 15) is 13.2 Å². The molecule has 27 heavy (non-hydrogen) atoms. The number of nitrogens with zero attached hydrogens (tertiary/aromatic N) is 2. The van der Waals surface area contributed by atoms with Crippen LogP contribution in [0.1, 0.15) is 29.9 Å². The summed E-state index contributed by atoms with van der Waals surface area (Å²) in [4.78, 5) is 12.5. The van der Waals surface area contributed by atoms with Crippen molar-refractivity contribution in [3.8, 4) is 5.75 Å². The van der Waals surface area contributed by atoms with Gasteiger partial charge in [-0.1, -0.05) is 19.9 Å². The first-order chi connectivity index (χ1) is 12.7. The number of rotatable bonds is 8. The molecule has 0 aliphatic heterocycles. The number of halogens is 1. The maximum Gasteiger partial charge on any atom is 0.355 e. The first-order valence-electron chi connectivity index (χ1n) is 8.40. The second-order valence-electron chi connectivity index (χ2n) is 5.81. The normalized spacial score (nSPS) is 11.6. The zero-order valence-corrected chi connectivity index (χ0v) is 18.1. The van der Waals surface area contributed by atoms with Crippen LogP contribution in [0, 0.1) is 0 Å². The molecule has 1 aromatic heterocycles. The smallest absolute Gasteiger partial charge is 0.355 e. The maximum atomic E-state index is 12.6. The van der Waals surface area contributed by atoms with E-state index in [1.54, 1.807) is 46.2 Å². The van der Waals surface area contributed by atoms with Crippen molar-refractivity contribution in [1.82, 2.24) is 8.87 Å². The lowest BCUT2D eigenvalue weighted by molar-refractivity contribution is 0.0461. The van der Waals surface area contributed by atoms with Crippen molar-refractivity contribution in [2.24, 2.45) is 7.05 Å². The van der Waals surface area contributed by atoms with Gasteiger partial charge in [-0.2, -0.15) is 4.31 Å². The molecule has 1 heterocycles. The SMILES string of the molecule is CCN(CC)S(=O)(=O)c1cc(C(=O)OCc2ccc(OC)c(Br)c2)n(C)c1. The summed E-state index contributed by atoms with van der Waals surface area (Å²) in [7, 11) is -0.451. The van der Waals surface area contributed by atoms with E-state index in [1.165, 1.54) is 21.1 Å². The summed E-state index contributed by atoms with van der Waals surface area (Å²) < 4.78 is 39.3. The van der Waals surface area contributed by atoms with Crippen LogP contribution >= 0.6 is 15.9 Å². The number of benzene rings is 1. The Balaban J connectivity index is 2.16. The van der Waals surface area contributed by atoms with Crippen molar-refractivity contribution >= 4 is 31.9 Å². The molecule has 0 saturated heterocycles. The summed E-state index contributed by atoms with van der Waals surface area (Å²) in [6.45, 7) is 4.32. The largest absolute Gasteiger partial charge is 0.496 e. The zero-order valence-electron chi connectivity index (χ0n) is 15.7. The summed E-state index contributed by atoms with van der Waals surface area (Å²) in [5.74, 6) is 0.0872. The van der Waals surface area contributed by atoms with Gasteiger partial charge in [0.2, 0.25) is 10.0 Å². The molecule has 9 heteroatoms. The van der Waals surface area contributed by atoms with Gasteiger partial charge in [0, 0.05) is 26.3 Å². The fraction of sp³-hybridized carbons (Fsp3) is 0.389. The van der Waals surface area contributed by atoms with Crippen LogP contribution in [0.25, 0.3) is 0 Å². The van der Waals surface area contributed by atoms with Crippen LogP contribution in [-0.2, 0) is 28.4 Å². The summed E-state index contributed by atoms with van der Waals surface area (Å²) in [5.41, 5.74) is 0.953. The van der Waals surface area contributed by atoms with Crippen molar-refractivity contribution < 1.29 is 22.7 Å². The molecule has 1 aromatic carbocycles. The highest BCUT2D eigenvalue weighted by atomic mass is 79.9. The first kappa shape index (κ1) is 21.5. The highest BCUT2D eigenvalue weighted by molar-refractivity contribution is 9.10. The van der Waals surface area contributed by atoms with Gasteiger partial charge < -0.3 is 14.0 Å². The Morgan fingerprint density at radius 2 is 1.89 bits per heavy atom. The van der Waals surface area contributed by atoms with Gasteiger partial charge in [-0.25, -0.2) is 13.2 Å². The highest BCUT2D eigenvalue weighted by Crippen LogP contribution is 2.26. The predicted molar refractivity (Wildman–Crippen MR) is 105 cm³/mol. The van der Waals surface area contributed by atoms with Crippen LogP contribution in [0.5, 0.6) is 5.75 Å². The third-order valence-corrected chi connectivity index (χ3v) is 6.75. The molecule has 7 nitrogen and oxygen atoms in total. The number of aromatic nitrogens is 1. The van der Waals surface area contributed by atoms with E-state index in [1.807, 2.05) is 0 Å². The van der Waals surface area contributed by atoms with Crippen molar-refractivity contribution in [2.75, 3.05) is 20.2 Å². The maximum absolute atomic E-state index is 12.6. The second-order valence-corrected chi connectivity index (χ2v) is 8.60. The number of hydrogen-bond acceptors (Lipinski definition) is 5. The Morgan fingerprint density at radius 3 is 2.44 bits per heavy atom. The molecule has 0 amide bonds. The lowest BCUT2D eigenvalue weighted by Gasteiger charge is -2.17. The van der Waals surface area contributed by atoms with Crippen molar-refractivity contribution in [3.05, 3.63) is 46.2 Å². The number of carbonyl (C=O) groups is 1. The monoisotopic (exact) mass is 458 g/mol. The molecule has 0 fully saturated rings. The number of aryl methyl sites for hydroxylation is 1. The molecular weight excluding hydrogens is 436 g/mol. The average Bonchev–Trinajstić information content (AvgIpc) is 3.03. The van der Waals surface area contributed by atoms with Crippen LogP contribution in [0.15, 0.2) is 39.8 Å². The van der Waals surface area contributed by atoms with E-state index in [-0.39, 0.29) is 17.2 Å². The third kappa shape index (κ3) is 4.72. The number of methoxy groups -OCH3 is 1. The zero-order chi connectivity index (χ0) is 20.2. The molecule has 0 radical (unpaired) electrons. The highest BCUT2D eigenvalue weighted by Gasteiger charge is 2.25. The van der Waals surface area contributed by atoms with Gasteiger partial charge >= 0.3 is 5.97 Å². The van der Waals surface area contributed by atoms with Crippen LogP contribution < -0.4 is 4.74 Å². The number of ether oxygens (including phenoxy) is 2. The van der Waals surface area contributed by atoms with E-state index < -0.39 is 16.0 Å². The fourth-order valence-corrected chi connectivity index (χ4v) is 4.73. The molecule has 0 N–H and O–H groups in total. The Labute approximate surface area is 168 Å². The van der Waals surface area contributed by atoms with Gasteiger partial charge in [0.1, 0.15) is 22.9 Å². The number of esters is 1. The average molecular weight is 459 g/mol. The molecule has 0 unspecified atom stereocenters. The standard InChI is InChI=1S/C18H23BrN2O5S/c1-5-21(6-2)27(23,24)14-10-16(20(3)11-14)18(22)26-12-13-7-8-17(25-4)15(19)9-13/h7-11H,5-6,12H2,1-4H3. The summed E-state index contributed by atoms with van der Waals surface area (Å²) in [5, 5.41) is 0. The van der Waals surface area contributed by atoms with E-state index >= 15 is 0 Å². The van der Waals surface area contributed by atoms with Crippen LogP contribution in [0.4, 0.5) is 0 Å². The summed E-state index contributed by atoms with van der Waals surface area (Å²) >= 11 is 3.38. The number of carbonyl (C=O) groups excluding carboxylic acids is 1. The summed E-state index contributed by atoms with van der Waals surface area (Å²) in [6.07, 6.45) is 1.42. The van der Waals surface area contributed by atoms with Gasteiger partial charge in [-0.15, -0.1) is 0 Å².